The largest absolute Gasteiger partial charge is 0.364 e. The van der Waals surface area contributed by atoms with Crippen LogP contribution in [-0.2, 0) is 6.54 Å². The van der Waals surface area contributed by atoms with E-state index in [1.54, 1.807) is 11.3 Å². The maximum atomic E-state index is 6.24. The van der Waals surface area contributed by atoms with Gasteiger partial charge >= 0.3 is 0 Å². The van der Waals surface area contributed by atoms with Crippen molar-refractivity contribution in [2.45, 2.75) is 76.0 Å². The highest BCUT2D eigenvalue weighted by molar-refractivity contribution is 7.08. The van der Waals surface area contributed by atoms with Crippen LogP contribution in [0.1, 0.15) is 63.0 Å². The normalized spacial score (nSPS) is 20.9. The molecule has 1 aromatic carbocycles. The molecule has 2 atom stereocenters. The average molecular weight is 488 g/mol. The Bertz CT molecular complexity index is 1260. The zero-order chi connectivity index (χ0) is 23.6. The fourth-order valence-corrected chi connectivity index (χ4v) is 6.19. The molecule has 2 fully saturated rings. The molecule has 0 spiro atoms. The summed E-state index contributed by atoms with van der Waals surface area (Å²) in [7, 11) is 0. The molecule has 182 valence electrons. The summed E-state index contributed by atoms with van der Waals surface area (Å²) in [5.74, 6) is 1.46. The van der Waals surface area contributed by atoms with Crippen molar-refractivity contribution in [2.24, 2.45) is 5.73 Å². The third-order valence-electron chi connectivity index (χ3n) is 7.46. The first-order chi connectivity index (χ1) is 17.2. The van der Waals surface area contributed by atoms with E-state index in [1.165, 1.54) is 42.4 Å². The third kappa shape index (κ3) is 4.90. The number of aromatic nitrogens is 4. The Morgan fingerprint density at radius 1 is 0.971 bits per heavy atom. The van der Waals surface area contributed by atoms with Gasteiger partial charge in [0.2, 0.25) is 5.95 Å². The molecule has 7 nitrogen and oxygen atoms in total. The van der Waals surface area contributed by atoms with Crippen molar-refractivity contribution in [1.29, 1.82) is 0 Å². The highest BCUT2D eigenvalue weighted by Crippen LogP contribution is 2.33. The number of fused-ring (bicyclic) bond motifs is 1. The molecule has 2 saturated carbocycles. The number of hydrogen-bond donors (Lipinski definition) is 3. The minimum Gasteiger partial charge on any atom is -0.364 e. The second-order valence-electron chi connectivity index (χ2n) is 9.99. The van der Waals surface area contributed by atoms with Gasteiger partial charge in [0.1, 0.15) is 0 Å². The molecule has 4 N–H and O–H groups in total. The van der Waals surface area contributed by atoms with Crippen LogP contribution >= 0.6 is 11.3 Å². The second kappa shape index (κ2) is 9.95. The molecule has 0 bridgehead atoms. The number of thiophene rings is 1. The molecule has 0 amide bonds. The summed E-state index contributed by atoms with van der Waals surface area (Å²) in [6.07, 6.45) is 11.2. The Hall–Kier alpha value is -2.97. The topological polar surface area (TPSA) is 93.7 Å². The standard InChI is InChI=1S/C27H33N7S/c28-21-4-3-5-22(14-21)31-27-32-25(24-26(33-27)34(17-30-24)23-6-1-2-7-23)29-15-18-8-10-19(11-9-18)20-12-13-35-16-20/h8-13,16-17,21-23H,1-7,14-15,28H2,(H2,29,31,32,33). The molecule has 2 aliphatic carbocycles. The van der Waals surface area contributed by atoms with E-state index < -0.39 is 0 Å². The molecule has 35 heavy (non-hydrogen) atoms. The van der Waals surface area contributed by atoms with Gasteiger partial charge in [-0.25, -0.2) is 4.98 Å². The monoisotopic (exact) mass is 487 g/mol. The first-order valence-electron chi connectivity index (χ1n) is 12.8. The second-order valence-corrected chi connectivity index (χ2v) is 10.8. The van der Waals surface area contributed by atoms with Crippen LogP contribution < -0.4 is 16.4 Å². The van der Waals surface area contributed by atoms with E-state index in [0.29, 0.717) is 24.6 Å². The van der Waals surface area contributed by atoms with Crippen molar-refractivity contribution >= 4 is 34.3 Å². The van der Waals surface area contributed by atoms with E-state index in [4.69, 9.17) is 20.7 Å². The van der Waals surface area contributed by atoms with Crippen molar-refractivity contribution in [3.05, 3.63) is 53.0 Å². The molecule has 2 unspecified atom stereocenters. The molecule has 8 heteroatoms. The summed E-state index contributed by atoms with van der Waals surface area (Å²) in [6, 6.07) is 11.9. The van der Waals surface area contributed by atoms with Crippen molar-refractivity contribution in [2.75, 3.05) is 10.6 Å². The molecule has 2 aliphatic rings. The lowest BCUT2D eigenvalue weighted by Crippen LogP contribution is -2.35. The minimum atomic E-state index is 0.253. The maximum Gasteiger partial charge on any atom is 0.227 e. The zero-order valence-electron chi connectivity index (χ0n) is 20.0. The third-order valence-corrected chi connectivity index (χ3v) is 8.14. The summed E-state index contributed by atoms with van der Waals surface area (Å²) in [4.78, 5) is 14.6. The van der Waals surface area contributed by atoms with Crippen LogP contribution in [0.2, 0.25) is 0 Å². The number of rotatable bonds is 7. The fourth-order valence-electron chi connectivity index (χ4n) is 5.52. The summed E-state index contributed by atoms with van der Waals surface area (Å²) < 4.78 is 2.27. The first kappa shape index (κ1) is 22.5. The molecule has 4 aromatic rings. The number of nitrogens with two attached hydrogens (primary N) is 1. The Morgan fingerprint density at radius 2 is 1.83 bits per heavy atom. The molecule has 6 rings (SSSR count). The van der Waals surface area contributed by atoms with Crippen LogP contribution in [-0.4, -0.2) is 31.6 Å². The highest BCUT2D eigenvalue weighted by atomic mass is 32.1. The van der Waals surface area contributed by atoms with Crippen LogP contribution in [0.15, 0.2) is 47.4 Å². The number of anilines is 2. The van der Waals surface area contributed by atoms with Gasteiger partial charge in [0.05, 0.1) is 6.33 Å². The quantitative estimate of drug-likeness (QED) is 0.298. The van der Waals surface area contributed by atoms with Gasteiger partial charge in [-0.3, -0.25) is 0 Å². The smallest absolute Gasteiger partial charge is 0.227 e. The number of nitrogens with zero attached hydrogens (tertiary/aromatic N) is 4. The average Bonchev–Trinajstić information content (AvgIpc) is 3.65. The SMILES string of the molecule is NC1CCCC(Nc2nc(NCc3ccc(-c4ccsc4)cc3)c3ncn(C4CCCC4)c3n2)C1. The molecule has 0 aliphatic heterocycles. The van der Waals surface area contributed by atoms with Crippen LogP contribution in [0.3, 0.4) is 0 Å². The van der Waals surface area contributed by atoms with E-state index in [9.17, 15) is 0 Å². The Balaban J connectivity index is 1.26. The number of benzene rings is 1. The van der Waals surface area contributed by atoms with E-state index in [-0.39, 0.29) is 6.04 Å². The molecular weight excluding hydrogens is 454 g/mol. The molecule has 3 heterocycles. The summed E-state index contributed by atoms with van der Waals surface area (Å²) in [6.45, 7) is 0.681. The van der Waals surface area contributed by atoms with Crippen molar-refractivity contribution in [1.82, 2.24) is 19.5 Å². The first-order valence-corrected chi connectivity index (χ1v) is 13.8. The zero-order valence-corrected chi connectivity index (χ0v) is 20.8. The lowest BCUT2D eigenvalue weighted by molar-refractivity contribution is 0.408. The van der Waals surface area contributed by atoms with Gasteiger partial charge in [-0.05, 0) is 72.0 Å². The van der Waals surface area contributed by atoms with E-state index in [0.717, 1.165) is 42.7 Å². The Morgan fingerprint density at radius 3 is 2.60 bits per heavy atom. The van der Waals surface area contributed by atoms with Gasteiger partial charge < -0.3 is 20.9 Å². The van der Waals surface area contributed by atoms with Crippen molar-refractivity contribution in [3.8, 4) is 11.1 Å². The molecule has 0 saturated heterocycles. The molecular formula is C27H33N7S. The number of nitrogens with one attached hydrogen (secondary N) is 2. The maximum absolute atomic E-state index is 6.24. The summed E-state index contributed by atoms with van der Waals surface area (Å²) in [5, 5.41) is 11.4. The van der Waals surface area contributed by atoms with E-state index in [2.05, 4.69) is 56.3 Å². The molecule has 0 radical (unpaired) electrons. The van der Waals surface area contributed by atoms with Gasteiger partial charge in [0, 0.05) is 24.7 Å². The van der Waals surface area contributed by atoms with Crippen molar-refractivity contribution in [3.63, 3.8) is 0 Å². The predicted octanol–water partition coefficient (Wildman–Crippen LogP) is 5.96. The van der Waals surface area contributed by atoms with Crippen LogP contribution in [0.25, 0.3) is 22.3 Å². The van der Waals surface area contributed by atoms with Gasteiger partial charge in [-0.2, -0.15) is 21.3 Å². The van der Waals surface area contributed by atoms with Gasteiger partial charge in [0.25, 0.3) is 0 Å². The Kier molecular flexibility index (Phi) is 6.39. The lowest BCUT2D eigenvalue weighted by atomic mass is 9.92. The van der Waals surface area contributed by atoms with Crippen molar-refractivity contribution < 1.29 is 0 Å². The van der Waals surface area contributed by atoms with Gasteiger partial charge in [0.15, 0.2) is 17.0 Å². The van der Waals surface area contributed by atoms with Crippen LogP contribution in [0.4, 0.5) is 11.8 Å². The fraction of sp³-hybridized carbons (Fsp3) is 0.444. The lowest BCUT2D eigenvalue weighted by Gasteiger charge is -2.27. The minimum absolute atomic E-state index is 0.253. The van der Waals surface area contributed by atoms with Gasteiger partial charge in [-0.1, -0.05) is 37.1 Å². The predicted molar refractivity (Wildman–Crippen MR) is 144 cm³/mol. The number of imidazole rings is 1. The molecule has 3 aromatic heterocycles. The number of hydrogen-bond acceptors (Lipinski definition) is 7. The van der Waals surface area contributed by atoms with Gasteiger partial charge in [-0.15, -0.1) is 0 Å². The van der Waals surface area contributed by atoms with E-state index in [1.807, 2.05) is 6.33 Å². The van der Waals surface area contributed by atoms with E-state index >= 15 is 0 Å². The van der Waals surface area contributed by atoms with Crippen LogP contribution in [0, 0.1) is 0 Å². The summed E-state index contributed by atoms with van der Waals surface area (Å²) in [5.41, 5.74) is 11.7. The van der Waals surface area contributed by atoms with Crippen LogP contribution in [0.5, 0.6) is 0 Å². The summed E-state index contributed by atoms with van der Waals surface area (Å²) >= 11 is 1.72. The highest BCUT2D eigenvalue weighted by Gasteiger charge is 2.24. The Labute approximate surface area is 210 Å².